The summed E-state index contributed by atoms with van der Waals surface area (Å²) in [5.74, 6) is -0.169. The van der Waals surface area contributed by atoms with E-state index in [2.05, 4.69) is 4.90 Å². The predicted octanol–water partition coefficient (Wildman–Crippen LogP) is 1.39. The lowest BCUT2D eigenvalue weighted by atomic mass is 10.1. The summed E-state index contributed by atoms with van der Waals surface area (Å²) in [4.78, 5) is 14.1. The van der Waals surface area contributed by atoms with E-state index in [1.807, 2.05) is 38.1 Å². The summed E-state index contributed by atoms with van der Waals surface area (Å²) >= 11 is 0. The average molecular weight is 424 g/mol. The number of benzene rings is 1. The molecule has 1 aromatic carbocycles. The SMILES string of the molecule is CC1(C)OC[C@@H](COC(=O)CCc2ccc(OCC(O)CN3CCOCC3)cc2)O1. The van der Waals surface area contributed by atoms with Crippen molar-refractivity contribution in [2.24, 2.45) is 0 Å². The van der Waals surface area contributed by atoms with E-state index >= 15 is 0 Å². The Morgan fingerprint density at radius 2 is 2.00 bits per heavy atom. The van der Waals surface area contributed by atoms with Crippen molar-refractivity contribution in [3.05, 3.63) is 29.8 Å². The molecule has 0 aromatic heterocycles. The van der Waals surface area contributed by atoms with Crippen LogP contribution >= 0.6 is 0 Å². The average Bonchev–Trinajstić information content (AvgIpc) is 3.09. The van der Waals surface area contributed by atoms with Crippen LogP contribution in [0.3, 0.4) is 0 Å². The van der Waals surface area contributed by atoms with Gasteiger partial charge in [-0.1, -0.05) is 12.1 Å². The first-order valence-corrected chi connectivity index (χ1v) is 10.6. The highest BCUT2D eigenvalue weighted by molar-refractivity contribution is 5.69. The van der Waals surface area contributed by atoms with Crippen LogP contribution in [0.15, 0.2) is 24.3 Å². The van der Waals surface area contributed by atoms with Crippen LogP contribution in [-0.4, -0.2) is 86.6 Å². The zero-order valence-corrected chi connectivity index (χ0v) is 17.9. The van der Waals surface area contributed by atoms with Gasteiger partial charge in [0.2, 0.25) is 0 Å². The van der Waals surface area contributed by atoms with Crippen molar-refractivity contribution >= 4 is 5.97 Å². The fourth-order valence-corrected chi connectivity index (χ4v) is 3.43. The second-order valence-electron chi connectivity index (χ2n) is 8.16. The van der Waals surface area contributed by atoms with Gasteiger partial charge in [0, 0.05) is 26.1 Å². The van der Waals surface area contributed by atoms with Gasteiger partial charge in [0.15, 0.2) is 5.79 Å². The smallest absolute Gasteiger partial charge is 0.306 e. The first-order chi connectivity index (χ1) is 14.4. The molecule has 2 atom stereocenters. The van der Waals surface area contributed by atoms with Crippen molar-refractivity contribution in [1.82, 2.24) is 4.90 Å². The zero-order chi connectivity index (χ0) is 21.4. The molecule has 30 heavy (non-hydrogen) atoms. The van der Waals surface area contributed by atoms with Gasteiger partial charge in [-0.25, -0.2) is 0 Å². The fourth-order valence-electron chi connectivity index (χ4n) is 3.43. The third kappa shape index (κ3) is 7.85. The minimum Gasteiger partial charge on any atom is -0.491 e. The van der Waals surface area contributed by atoms with Crippen LogP contribution in [-0.2, 0) is 30.2 Å². The lowest BCUT2D eigenvalue weighted by molar-refractivity contribution is -0.158. The molecular formula is C22H33NO7. The van der Waals surface area contributed by atoms with Crippen molar-refractivity contribution in [2.45, 2.75) is 44.7 Å². The van der Waals surface area contributed by atoms with Gasteiger partial charge in [-0.3, -0.25) is 9.69 Å². The van der Waals surface area contributed by atoms with Gasteiger partial charge in [0.25, 0.3) is 0 Å². The van der Waals surface area contributed by atoms with Gasteiger partial charge >= 0.3 is 5.97 Å². The summed E-state index contributed by atoms with van der Waals surface area (Å²) in [6, 6.07) is 7.56. The normalized spacial score (nSPS) is 22.6. The molecule has 0 bridgehead atoms. The second-order valence-corrected chi connectivity index (χ2v) is 8.16. The topological polar surface area (TPSA) is 86.7 Å². The highest BCUT2D eigenvalue weighted by Gasteiger charge is 2.33. The number of ether oxygens (including phenoxy) is 5. The summed E-state index contributed by atoms with van der Waals surface area (Å²) in [7, 11) is 0. The van der Waals surface area contributed by atoms with Gasteiger partial charge in [-0.05, 0) is 38.0 Å². The van der Waals surface area contributed by atoms with E-state index in [1.165, 1.54) is 0 Å². The van der Waals surface area contributed by atoms with Crippen molar-refractivity contribution in [2.75, 3.05) is 52.7 Å². The summed E-state index contributed by atoms with van der Waals surface area (Å²) in [6.45, 7) is 8.25. The first-order valence-electron chi connectivity index (χ1n) is 10.6. The van der Waals surface area contributed by atoms with E-state index in [1.54, 1.807) is 0 Å². The maximum absolute atomic E-state index is 12.0. The standard InChI is InChI=1S/C22H33NO7/c1-22(2)29-16-20(30-22)15-28-21(25)8-5-17-3-6-19(7-4-17)27-14-18(24)13-23-9-11-26-12-10-23/h3-4,6-7,18,20,24H,5,8-16H2,1-2H3/t18?,20-/m1/s1. The number of hydrogen-bond donors (Lipinski definition) is 1. The molecule has 1 unspecified atom stereocenters. The number of esters is 1. The maximum Gasteiger partial charge on any atom is 0.306 e. The van der Waals surface area contributed by atoms with Crippen LogP contribution in [0.1, 0.15) is 25.8 Å². The molecule has 0 spiro atoms. The van der Waals surface area contributed by atoms with Crippen LogP contribution in [0, 0.1) is 0 Å². The Morgan fingerprint density at radius 3 is 2.67 bits per heavy atom. The van der Waals surface area contributed by atoms with E-state index in [0.29, 0.717) is 45.0 Å². The van der Waals surface area contributed by atoms with Crippen LogP contribution in [0.5, 0.6) is 5.75 Å². The molecule has 1 aromatic rings. The van der Waals surface area contributed by atoms with E-state index in [0.717, 1.165) is 18.7 Å². The summed E-state index contributed by atoms with van der Waals surface area (Å²) in [5.41, 5.74) is 1.02. The first kappa shape index (κ1) is 23.0. The Bertz CT molecular complexity index is 658. The second kappa shape index (κ2) is 11.1. The Balaban J connectivity index is 1.30. The minimum atomic E-state index is -0.612. The monoisotopic (exact) mass is 423 g/mol. The van der Waals surface area contributed by atoms with Crippen LogP contribution < -0.4 is 4.74 Å². The summed E-state index contributed by atoms with van der Waals surface area (Å²) in [5, 5.41) is 10.1. The predicted molar refractivity (Wildman–Crippen MR) is 109 cm³/mol. The van der Waals surface area contributed by atoms with Gasteiger partial charge in [0.05, 0.1) is 19.8 Å². The third-order valence-corrected chi connectivity index (χ3v) is 5.05. The van der Waals surface area contributed by atoms with Crippen molar-refractivity contribution < 1.29 is 33.6 Å². The molecule has 2 aliphatic heterocycles. The Labute approximate surface area is 178 Å². The number of morpholine rings is 1. The van der Waals surface area contributed by atoms with Crippen LogP contribution in [0.2, 0.25) is 0 Å². The molecule has 2 fully saturated rings. The largest absolute Gasteiger partial charge is 0.491 e. The molecule has 1 N–H and O–H groups in total. The zero-order valence-electron chi connectivity index (χ0n) is 17.9. The van der Waals surface area contributed by atoms with E-state index in [4.69, 9.17) is 23.7 Å². The summed E-state index contributed by atoms with van der Waals surface area (Å²) < 4.78 is 27.3. The maximum atomic E-state index is 12.0. The highest BCUT2D eigenvalue weighted by Crippen LogP contribution is 2.22. The van der Waals surface area contributed by atoms with Gasteiger partial charge in [-0.2, -0.15) is 0 Å². The van der Waals surface area contributed by atoms with Gasteiger partial charge < -0.3 is 28.8 Å². The molecule has 2 saturated heterocycles. The Morgan fingerprint density at radius 1 is 1.27 bits per heavy atom. The molecule has 8 nitrogen and oxygen atoms in total. The highest BCUT2D eigenvalue weighted by atomic mass is 16.7. The van der Waals surface area contributed by atoms with Crippen LogP contribution in [0.25, 0.3) is 0 Å². The number of rotatable bonds is 10. The number of carbonyl (C=O) groups is 1. The van der Waals surface area contributed by atoms with E-state index in [9.17, 15) is 9.90 Å². The Hall–Kier alpha value is -1.71. The van der Waals surface area contributed by atoms with Gasteiger partial charge in [0.1, 0.15) is 31.2 Å². The Kier molecular flexibility index (Phi) is 8.47. The number of nitrogens with zero attached hydrogens (tertiary/aromatic N) is 1. The number of aliphatic hydroxyl groups excluding tert-OH is 1. The van der Waals surface area contributed by atoms with E-state index in [-0.39, 0.29) is 25.3 Å². The third-order valence-electron chi connectivity index (χ3n) is 5.05. The fraction of sp³-hybridized carbons (Fsp3) is 0.682. The molecule has 3 rings (SSSR count). The lowest BCUT2D eigenvalue weighted by Crippen LogP contribution is -2.42. The van der Waals surface area contributed by atoms with Crippen molar-refractivity contribution in [1.29, 1.82) is 0 Å². The van der Waals surface area contributed by atoms with Crippen molar-refractivity contribution in [3.8, 4) is 5.75 Å². The lowest BCUT2D eigenvalue weighted by Gasteiger charge is -2.28. The van der Waals surface area contributed by atoms with Gasteiger partial charge in [-0.15, -0.1) is 0 Å². The molecule has 8 heteroatoms. The number of hydrogen-bond acceptors (Lipinski definition) is 8. The number of carbonyl (C=O) groups excluding carboxylic acids is 1. The number of aryl methyl sites for hydroxylation is 1. The molecule has 0 aliphatic carbocycles. The van der Waals surface area contributed by atoms with E-state index < -0.39 is 11.9 Å². The summed E-state index contributed by atoms with van der Waals surface area (Å²) in [6.07, 6.45) is 0.137. The molecule has 0 radical (unpaired) electrons. The molecule has 168 valence electrons. The van der Waals surface area contributed by atoms with Crippen LogP contribution in [0.4, 0.5) is 0 Å². The molecule has 0 amide bonds. The molecule has 2 aliphatic rings. The number of β-amino-alcohol motifs (C(OH)–C–C–N with tert-alkyl or cyclic N) is 1. The number of aliphatic hydroxyl groups is 1. The minimum absolute atomic E-state index is 0.209. The molecular weight excluding hydrogens is 390 g/mol. The van der Waals surface area contributed by atoms with Crippen molar-refractivity contribution in [3.63, 3.8) is 0 Å². The molecule has 2 heterocycles. The quantitative estimate of drug-likeness (QED) is 0.565. The molecule has 0 saturated carbocycles.